The van der Waals surface area contributed by atoms with Gasteiger partial charge in [-0.15, -0.1) is 0 Å². The highest BCUT2D eigenvalue weighted by atomic mass is 19.2. The molecule has 4 unspecified atom stereocenters. The van der Waals surface area contributed by atoms with Crippen molar-refractivity contribution in [3.63, 3.8) is 0 Å². The highest BCUT2D eigenvalue weighted by Crippen LogP contribution is 2.46. The molecule has 0 spiro atoms. The minimum Gasteiger partial charge on any atom is -0.384 e. The van der Waals surface area contributed by atoms with Gasteiger partial charge in [-0.1, -0.05) is 39.0 Å². The van der Waals surface area contributed by atoms with Gasteiger partial charge in [0.25, 0.3) is 0 Å². The summed E-state index contributed by atoms with van der Waals surface area (Å²) in [6, 6.07) is 0. The Morgan fingerprint density at radius 3 is 1.91 bits per heavy atom. The minimum absolute atomic E-state index is 0.0647. The lowest BCUT2D eigenvalue weighted by atomic mass is 9.65. The van der Waals surface area contributed by atoms with Crippen molar-refractivity contribution < 1.29 is 18.3 Å². The van der Waals surface area contributed by atoms with Crippen LogP contribution in [-0.4, -0.2) is 38.8 Å². The van der Waals surface area contributed by atoms with Crippen molar-refractivity contribution >= 4 is 0 Å². The normalized spacial score (nSPS) is 38.6. The second kappa shape index (κ2) is 14.2. The topological polar surface area (TPSA) is 18.5 Å². The number of ether oxygens (including phenoxy) is 2. The van der Waals surface area contributed by atoms with Crippen molar-refractivity contribution in [1.82, 2.24) is 0 Å². The number of halogens is 2. The summed E-state index contributed by atoms with van der Waals surface area (Å²) < 4.78 is 40.7. The number of alkyl halides is 2. The molecule has 0 aromatic rings. The van der Waals surface area contributed by atoms with Gasteiger partial charge in [0, 0.05) is 19.6 Å². The SMILES string of the molecule is CCCCCCCCOC1CCC(C2CCC(C3CCC(COC)C(F)C3F)CC2)CC1. The zero-order valence-corrected chi connectivity index (χ0v) is 20.9. The second-order valence-electron chi connectivity index (χ2n) is 11.2. The Bertz CT molecular complexity index is 486. The summed E-state index contributed by atoms with van der Waals surface area (Å²) in [5.41, 5.74) is 0. The van der Waals surface area contributed by atoms with E-state index in [-0.39, 0.29) is 11.8 Å². The van der Waals surface area contributed by atoms with E-state index in [1.165, 1.54) is 77.0 Å². The Labute approximate surface area is 196 Å². The zero-order chi connectivity index (χ0) is 22.8. The zero-order valence-electron chi connectivity index (χ0n) is 20.9. The highest BCUT2D eigenvalue weighted by molar-refractivity contribution is 4.93. The van der Waals surface area contributed by atoms with Gasteiger partial charge in [0.2, 0.25) is 0 Å². The maximum atomic E-state index is 14.9. The number of unbranched alkanes of at least 4 members (excludes halogenated alkanes) is 5. The molecule has 188 valence electrons. The van der Waals surface area contributed by atoms with Crippen molar-refractivity contribution in [3.8, 4) is 0 Å². The molecule has 0 saturated heterocycles. The van der Waals surface area contributed by atoms with Crippen molar-refractivity contribution in [3.05, 3.63) is 0 Å². The third-order valence-corrected chi connectivity index (χ3v) is 9.07. The van der Waals surface area contributed by atoms with Crippen molar-refractivity contribution in [2.45, 2.75) is 128 Å². The standard InChI is InChI=1S/C28H50F2O2/c1-3-4-5-6-7-8-19-32-25-16-13-22(14-17-25)21-9-11-23(12-10-21)26-18-15-24(20-31-2)27(29)28(26)30/h21-28H,3-20H2,1-2H3. The van der Waals surface area contributed by atoms with Gasteiger partial charge in [-0.2, -0.15) is 0 Å². The number of rotatable bonds is 12. The van der Waals surface area contributed by atoms with Crippen LogP contribution in [0.3, 0.4) is 0 Å². The predicted molar refractivity (Wildman–Crippen MR) is 128 cm³/mol. The Morgan fingerprint density at radius 1 is 0.656 bits per heavy atom. The molecule has 2 nitrogen and oxygen atoms in total. The lowest BCUT2D eigenvalue weighted by molar-refractivity contribution is -0.0373. The van der Waals surface area contributed by atoms with E-state index in [0.29, 0.717) is 18.6 Å². The fourth-order valence-electron chi connectivity index (χ4n) is 7.01. The molecule has 3 aliphatic rings. The molecule has 4 atom stereocenters. The molecule has 0 aliphatic heterocycles. The first kappa shape index (κ1) is 26.4. The molecule has 0 bridgehead atoms. The van der Waals surface area contributed by atoms with E-state index in [1.807, 2.05) is 0 Å². The molecule has 0 amide bonds. The lowest BCUT2D eigenvalue weighted by Crippen LogP contribution is -2.43. The van der Waals surface area contributed by atoms with Crippen LogP contribution in [0.1, 0.15) is 110 Å². The molecule has 3 aliphatic carbocycles. The van der Waals surface area contributed by atoms with E-state index in [9.17, 15) is 8.78 Å². The largest absolute Gasteiger partial charge is 0.384 e. The molecule has 0 aromatic heterocycles. The first-order chi connectivity index (χ1) is 15.6. The summed E-state index contributed by atoms with van der Waals surface area (Å²) in [7, 11) is 1.59. The van der Waals surface area contributed by atoms with Gasteiger partial charge in [-0.25, -0.2) is 8.78 Å². The predicted octanol–water partition coefficient (Wildman–Crippen LogP) is 8.08. The first-order valence-corrected chi connectivity index (χ1v) is 14.0. The Balaban J connectivity index is 1.29. The average molecular weight is 457 g/mol. The third kappa shape index (κ3) is 7.65. The number of hydrogen-bond acceptors (Lipinski definition) is 2. The monoisotopic (exact) mass is 456 g/mol. The second-order valence-corrected chi connectivity index (χ2v) is 11.2. The molecular weight excluding hydrogens is 406 g/mol. The number of hydrogen-bond donors (Lipinski definition) is 0. The van der Waals surface area contributed by atoms with Crippen LogP contribution in [0.5, 0.6) is 0 Å². The van der Waals surface area contributed by atoms with E-state index in [0.717, 1.165) is 44.1 Å². The number of methoxy groups -OCH3 is 1. The van der Waals surface area contributed by atoms with Gasteiger partial charge in [-0.3, -0.25) is 0 Å². The summed E-state index contributed by atoms with van der Waals surface area (Å²) in [5, 5.41) is 0. The molecule has 0 heterocycles. The fourth-order valence-corrected chi connectivity index (χ4v) is 7.01. The fraction of sp³-hybridized carbons (Fsp3) is 1.00. The lowest BCUT2D eigenvalue weighted by Gasteiger charge is -2.43. The van der Waals surface area contributed by atoms with Crippen molar-refractivity contribution in [2.24, 2.45) is 29.6 Å². The van der Waals surface area contributed by atoms with Crippen LogP contribution in [0.2, 0.25) is 0 Å². The molecule has 3 saturated carbocycles. The average Bonchev–Trinajstić information content (AvgIpc) is 2.82. The van der Waals surface area contributed by atoms with Gasteiger partial charge in [0.15, 0.2) is 0 Å². The van der Waals surface area contributed by atoms with Gasteiger partial charge >= 0.3 is 0 Å². The van der Waals surface area contributed by atoms with E-state index in [4.69, 9.17) is 9.47 Å². The van der Waals surface area contributed by atoms with Crippen LogP contribution in [-0.2, 0) is 9.47 Å². The first-order valence-electron chi connectivity index (χ1n) is 14.0. The van der Waals surface area contributed by atoms with Crippen LogP contribution >= 0.6 is 0 Å². The highest BCUT2D eigenvalue weighted by Gasteiger charge is 2.44. The Kier molecular flexibility index (Phi) is 11.7. The van der Waals surface area contributed by atoms with Crippen LogP contribution in [0.4, 0.5) is 8.78 Å². The maximum Gasteiger partial charge on any atom is 0.136 e. The van der Waals surface area contributed by atoms with E-state index in [1.54, 1.807) is 7.11 Å². The van der Waals surface area contributed by atoms with Gasteiger partial charge in [0.1, 0.15) is 12.3 Å². The van der Waals surface area contributed by atoms with Gasteiger partial charge in [-0.05, 0) is 94.3 Å². The minimum atomic E-state index is -1.34. The Hall–Kier alpha value is -0.220. The molecule has 0 N–H and O–H groups in total. The van der Waals surface area contributed by atoms with Crippen LogP contribution in [0.15, 0.2) is 0 Å². The van der Waals surface area contributed by atoms with Crippen LogP contribution in [0, 0.1) is 29.6 Å². The summed E-state index contributed by atoms with van der Waals surface area (Å²) in [6.45, 7) is 3.56. The maximum absolute atomic E-state index is 14.9. The van der Waals surface area contributed by atoms with E-state index >= 15 is 0 Å². The van der Waals surface area contributed by atoms with Crippen LogP contribution < -0.4 is 0 Å². The third-order valence-electron chi connectivity index (χ3n) is 9.07. The van der Waals surface area contributed by atoms with Crippen molar-refractivity contribution in [1.29, 1.82) is 0 Å². The quantitative estimate of drug-likeness (QED) is 0.276. The van der Waals surface area contributed by atoms with E-state index < -0.39 is 12.3 Å². The molecule has 4 heteroatoms. The summed E-state index contributed by atoms with van der Waals surface area (Å²) in [6.07, 6.45) is 17.1. The summed E-state index contributed by atoms with van der Waals surface area (Å²) in [5.74, 6) is 1.71. The van der Waals surface area contributed by atoms with E-state index in [2.05, 4.69) is 6.92 Å². The summed E-state index contributed by atoms with van der Waals surface area (Å²) >= 11 is 0. The van der Waals surface area contributed by atoms with Gasteiger partial charge in [0.05, 0.1) is 12.7 Å². The molecule has 0 aromatic carbocycles. The molecule has 3 fully saturated rings. The summed E-state index contributed by atoms with van der Waals surface area (Å²) in [4.78, 5) is 0. The molecule has 32 heavy (non-hydrogen) atoms. The molecule has 3 rings (SSSR count). The van der Waals surface area contributed by atoms with Crippen molar-refractivity contribution in [2.75, 3.05) is 20.3 Å². The van der Waals surface area contributed by atoms with Crippen LogP contribution in [0.25, 0.3) is 0 Å². The molecule has 0 radical (unpaired) electrons. The van der Waals surface area contributed by atoms with Gasteiger partial charge < -0.3 is 9.47 Å². The Morgan fingerprint density at radius 2 is 1.25 bits per heavy atom. The smallest absolute Gasteiger partial charge is 0.136 e. The molecular formula is C28H50F2O2.